The van der Waals surface area contributed by atoms with Crippen molar-refractivity contribution in [2.45, 2.75) is 6.92 Å². The summed E-state index contributed by atoms with van der Waals surface area (Å²) in [6, 6.07) is 15.2. The van der Waals surface area contributed by atoms with Crippen LogP contribution in [0.2, 0.25) is 5.02 Å². The van der Waals surface area contributed by atoms with Gasteiger partial charge in [0.05, 0.1) is 16.3 Å². The Morgan fingerprint density at radius 2 is 1.95 bits per heavy atom. The number of benzene rings is 2. The van der Waals surface area contributed by atoms with Gasteiger partial charge in [0, 0.05) is 15.1 Å². The summed E-state index contributed by atoms with van der Waals surface area (Å²) < 4.78 is 1.06. The quantitative estimate of drug-likeness (QED) is 0.631. The van der Waals surface area contributed by atoms with E-state index in [4.69, 9.17) is 11.6 Å². The average Bonchev–Trinajstić information content (AvgIpc) is 2.77. The van der Waals surface area contributed by atoms with Gasteiger partial charge in [-0.2, -0.15) is 0 Å². The van der Waals surface area contributed by atoms with Gasteiger partial charge in [0.15, 0.2) is 0 Å². The van der Waals surface area contributed by atoms with Crippen LogP contribution >= 0.6 is 22.9 Å². The highest BCUT2D eigenvalue weighted by atomic mass is 35.5. The second-order valence-electron chi connectivity index (χ2n) is 4.45. The Balaban J connectivity index is 2.08. The molecule has 0 aliphatic carbocycles. The molecule has 0 amide bonds. The standard InChI is InChI=1S/C16H12ClNOS/c1-10(18-12-6-4-5-11(17)9-12)16-15(19)13-7-2-3-8-14(13)20-16/h2-9,19H,1H3. The summed E-state index contributed by atoms with van der Waals surface area (Å²) in [7, 11) is 0. The van der Waals surface area contributed by atoms with Crippen molar-refractivity contribution in [3.05, 3.63) is 58.4 Å². The first-order chi connectivity index (χ1) is 9.65. The zero-order chi connectivity index (χ0) is 14.1. The Morgan fingerprint density at radius 3 is 2.70 bits per heavy atom. The van der Waals surface area contributed by atoms with Crippen molar-refractivity contribution in [2.24, 2.45) is 4.99 Å². The van der Waals surface area contributed by atoms with Gasteiger partial charge >= 0.3 is 0 Å². The predicted molar refractivity (Wildman–Crippen MR) is 86.8 cm³/mol. The number of hydrogen-bond donors (Lipinski definition) is 1. The number of aliphatic imine (C=N–C) groups is 1. The molecule has 0 saturated heterocycles. The van der Waals surface area contributed by atoms with E-state index >= 15 is 0 Å². The second kappa shape index (κ2) is 5.27. The van der Waals surface area contributed by atoms with Crippen molar-refractivity contribution in [3.63, 3.8) is 0 Å². The molecule has 1 aromatic heterocycles. The molecule has 4 heteroatoms. The maximum atomic E-state index is 10.3. The molecule has 20 heavy (non-hydrogen) atoms. The third-order valence-corrected chi connectivity index (χ3v) is 4.51. The van der Waals surface area contributed by atoms with Crippen LogP contribution in [0.15, 0.2) is 53.5 Å². The van der Waals surface area contributed by atoms with Crippen molar-refractivity contribution in [3.8, 4) is 5.75 Å². The number of halogens is 1. The molecule has 0 spiro atoms. The molecule has 0 radical (unpaired) electrons. The Labute approximate surface area is 126 Å². The lowest BCUT2D eigenvalue weighted by Gasteiger charge is -1.99. The van der Waals surface area contributed by atoms with Crippen LogP contribution in [0, 0.1) is 0 Å². The van der Waals surface area contributed by atoms with Gasteiger partial charge in [-0.25, -0.2) is 0 Å². The third kappa shape index (κ3) is 2.42. The molecule has 0 unspecified atom stereocenters. The maximum absolute atomic E-state index is 10.3. The molecular formula is C16H12ClNOS. The summed E-state index contributed by atoms with van der Waals surface area (Å²) in [5, 5.41) is 11.8. The fourth-order valence-electron chi connectivity index (χ4n) is 2.07. The first-order valence-electron chi connectivity index (χ1n) is 6.17. The fourth-order valence-corrected chi connectivity index (χ4v) is 3.29. The molecule has 3 rings (SSSR count). The van der Waals surface area contributed by atoms with Crippen LogP contribution in [0.4, 0.5) is 5.69 Å². The SMILES string of the molecule is CC(=Nc1cccc(Cl)c1)c1sc2ccccc2c1O. The molecule has 0 aliphatic rings. The van der Waals surface area contributed by atoms with E-state index in [0.717, 1.165) is 26.4 Å². The first kappa shape index (κ1) is 13.2. The van der Waals surface area contributed by atoms with Gasteiger partial charge in [0.1, 0.15) is 5.75 Å². The highest BCUT2D eigenvalue weighted by molar-refractivity contribution is 7.21. The van der Waals surface area contributed by atoms with Crippen molar-refractivity contribution in [1.82, 2.24) is 0 Å². The van der Waals surface area contributed by atoms with Crippen LogP contribution in [0.3, 0.4) is 0 Å². The molecule has 0 fully saturated rings. The molecule has 0 atom stereocenters. The Kier molecular flexibility index (Phi) is 3.47. The molecule has 2 nitrogen and oxygen atoms in total. The van der Waals surface area contributed by atoms with Crippen LogP contribution in [-0.4, -0.2) is 10.8 Å². The monoisotopic (exact) mass is 301 g/mol. The van der Waals surface area contributed by atoms with Crippen molar-refractivity contribution in [1.29, 1.82) is 0 Å². The van der Waals surface area contributed by atoms with E-state index in [2.05, 4.69) is 4.99 Å². The van der Waals surface area contributed by atoms with Crippen molar-refractivity contribution in [2.75, 3.05) is 0 Å². The van der Waals surface area contributed by atoms with Crippen molar-refractivity contribution >= 4 is 44.4 Å². The Morgan fingerprint density at radius 1 is 1.15 bits per heavy atom. The number of nitrogens with zero attached hydrogens (tertiary/aromatic N) is 1. The van der Waals surface area contributed by atoms with E-state index in [1.54, 1.807) is 17.4 Å². The summed E-state index contributed by atoms with van der Waals surface area (Å²) >= 11 is 7.50. The van der Waals surface area contributed by atoms with Crippen LogP contribution in [0.1, 0.15) is 11.8 Å². The molecule has 0 saturated carbocycles. The van der Waals surface area contributed by atoms with Crippen molar-refractivity contribution < 1.29 is 5.11 Å². The highest BCUT2D eigenvalue weighted by Gasteiger charge is 2.13. The first-order valence-corrected chi connectivity index (χ1v) is 7.36. The summed E-state index contributed by atoms with van der Waals surface area (Å²) in [5.74, 6) is 0.300. The van der Waals surface area contributed by atoms with E-state index < -0.39 is 0 Å². The largest absolute Gasteiger partial charge is 0.506 e. The molecule has 1 heterocycles. The van der Waals surface area contributed by atoms with E-state index in [1.807, 2.05) is 49.4 Å². The number of hydrogen-bond acceptors (Lipinski definition) is 3. The summed E-state index contributed by atoms with van der Waals surface area (Å²) in [5.41, 5.74) is 1.57. The van der Waals surface area contributed by atoms with Crippen LogP contribution in [0.25, 0.3) is 10.1 Å². The van der Waals surface area contributed by atoms with E-state index in [9.17, 15) is 5.11 Å². The smallest absolute Gasteiger partial charge is 0.143 e. The molecule has 0 bridgehead atoms. The van der Waals surface area contributed by atoms with Gasteiger partial charge < -0.3 is 5.11 Å². The summed E-state index contributed by atoms with van der Waals surface area (Å²) in [6.07, 6.45) is 0. The molecule has 2 aromatic carbocycles. The summed E-state index contributed by atoms with van der Waals surface area (Å²) in [4.78, 5) is 5.33. The minimum absolute atomic E-state index is 0.300. The fraction of sp³-hybridized carbons (Fsp3) is 0.0625. The number of rotatable bonds is 2. The number of fused-ring (bicyclic) bond motifs is 1. The lowest BCUT2D eigenvalue weighted by atomic mass is 10.2. The van der Waals surface area contributed by atoms with Gasteiger partial charge in [0.2, 0.25) is 0 Å². The maximum Gasteiger partial charge on any atom is 0.143 e. The lowest BCUT2D eigenvalue weighted by Crippen LogP contribution is -1.89. The molecule has 3 aromatic rings. The molecular weight excluding hydrogens is 290 g/mol. The predicted octanol–water partition coefficient (Wildman–Crippen LogP) is 5.40. The van der Waals surface area contributed by atoms with Crippen LogP contribution < -0.4 is 0 Å². The van der Waals surface area contributed by atoms with Gasteiger partial charge in [-0.3, -0.25) is 4.99 Å². The zero-order valence-electron chi connectivity index (χ0n) is 10.8. The van der Waals surface area contributed by atoms with Crippen LogP contribution in [0.5, 0.6) is 5.75 Å². The topological polar surface area (TPSA) is 32.6 Å². The van der Waals surface area contributed by atoms with Gasteiger partial charge in [-0.05, 0) is 37.3 Å². The van der Waals surface area contributed by atoms with Gasteiger partial charge in [-0.1, -0.05) is 29.8 Å². The normalized spacial score (nSPS) is 12.0. The molecule has 0 aliphatic heterocycles. The lowest BCUT2D eigenvalue weighted by molar-refractivity contribution is 0.482. The minimum Gasteiger partial charge on any atom is -0.506 e. The summed E-state index contributed by atoms with van der Waals surface area (Å²) in [6.45, 7) is 1.89. The Hall–Kier alpha value is -1.84. The van der Waals surface area contributed by atoms with E-state index in [-0.39, 0.29) is 0 Å². The number of aromatic hydroxyl groups is 1. The van der Waals surface area contributed by atoms with E-state index in [0.29, 0.717) is 10.8 Å². The minimum atomic E-state index is 0.300. The Bertz CT molecular complexity index is 807. The van der Waals surface area contributed by atoms with Crippen LogP contribution in [-0.2, 0) is 0 Å². The third-order valence-electron chi connectivity index (χ3n) is 3.00. The van der Waals surface area contributed by atoms with Gasteiger partial charge in [-0.15, -0.1) is 11.3 Å². The number of thiophene rings is 1. The highest BCUT2D eigenvalue weighted by Crippen LogP contribution is 2.37. The van der Waals surface area contributed by atoms with E-state index in [1.165, 1.54) is 0 Å². The van der Waals surface area contributed by atoms with Gasteiger partial charge in [0.25, 0.3) is 0 Å². The molecule has 100 valence electrons. The second-order valence-corrected chi connectivity index (χ2v) is 5.94. The average molecular weight is 302 g/mol. The zero-order valence-corrected chi connectivity index (χ0v) is 12.4. The molecule has 1 N–H and O–H groups in total.